The van der Waals surface area contributed by atoms with Crippen molar-refractivity contribution < 1.29 is 67.5 Å². The molecule has 0 aliphatic carbocycles. The van der Waals surface area contributed by atoms with Crippen molar-refractivity contribution in [3.63, 3.8) is 0 Å². The predicted molar refractivity (Wildman–Crippen MR) is 95.1 cm³/mol. The van der Waals surface area contributed by atoms with E-state index in [4.69, 9.17) is 0 Å². The molecule has 0 fully saturated rings. The smallest absolute Gasteiger partial charge is 0.382 e. The summed E-state index contributed by atoms with van der Waals surface area (Å²) in [6, 6.07) is 1.08. The molecule has 0 aromatic heterocycles. The summed E-state index contributed by atoms with van der Waals surface area (Å²) in [5.74, 6) is 0. The van der Waals surface area contributed by atoms with E-state index in [1.165, 1.54) is 0 Å². The van der Waals surface area contributed by atoms with Gasteiger partial charge in [-0.15, -0.1) is 0 Å². The average Bonchev–Trinajstić information content (AvgIpc) is 2.70. The van der Waals surface area contributed by atoms with Gasteiger partial charge in [0.2, 0.25) is 6.54 Å². The van der Waals surface area contributed by atoms with Gasteiger partial charge in [-0.3, -0.25) is 14.9 Å². The van der Waals surface area contributed by atoms with Crippen LogP contribution in [0.15, 0.2) is 36.4 Å². The van der Waals surface area contributed by atoms with Crippen LogP contribution in [-0.2, 0) is 24.7 Å². The van der Waals surface area contributed by atoms with Crippen molar-refractivity contribution in [3.8, 4) is 0 Å². The van der Waals surface area contributed by atoms with Gasteiger partial charge in [-0.25, -0.2) is 0 Å². The second-order valence-corrected chi connectivity index (χ2v) is 6.83. The number of hydrogen-bond acceptors (Lipinski definition) is 4. The molecule has 2 aromatic carbocycles. The molecule has 1 atom stereocenters. The van der Waals surface area contributed by atoms with Crippen molar-refractivity contribution in [2.24, 2.45) is 0 Å². The maximum Gasteiger partial charge on any atom is 0.416 e. The van der Waals surface area contributed by atoms with Crippen LogP contribution >= 0.6 is 0 Å². The lowest BCUT2D eigenvalue weighted by molar-refractivity contribution is -0.491. The van der Waals surface area contributed by atoms with Gasteiger partial charge in [0, 0.05) is 10.5 Å². The summed E-state index contributed by atoms with van der Waals surface area (Å²) in [4.78, 5) is 19.3. The van der Waals surface area contributed by atoms with Crippen molar-refractivity contribution >= 4 is 6.29 Å². The lowest BCUT2D eigenvalue weighted by Gasteiger charge is -2.15. The molecule has 2 rings (SSSR count). The molecule has 0 heterocycles. The Morgan fingerprint density at radius 2 is 1.00 bits per heavy atom. The first kappa shape index (κ1) is 30.7. The Balaban J connectivity index is 0.000000369. The zero-order chi connectivity index (χ0) is 28.3. The van der Waals surface area contributed by atoms with Crippen LogP contribution < -0.4 is 0 Å². The fraction of sp³-hybridized carbons (Fsp3) is 0.316. The van der Waals surface area contributed by atoms with Crippen molar-refractivity contribution in [1.82, 2.24) is 0 Å². The lowest BCUT2D eigenvalue weighted by atomic mass is 10.0. The first-order valence-electron chi connectivity index (χ1n) is 8.89. The van der Waals surface area contributed by atoms with Crippen LogP contribution in [-0.4, -0.2) is 22.9 Å². The number of rotatable bonds is 4. The third-order valence-electron chi connectivity index (χ3n) is 4.06. The molecule has 1 N–H and O–H groups in total. The van der Waals surface area contributed by atoms with Crippen LogP contribution in [0.3, 0.4) is 0 Å². The number of nitro groups is 1. The molecule has 17 heteroatoms. The number of benzene rings is 2. The molecule has 0 spiro atoms. The molecule has 0 saturated heterocycles. The molecular weight excluding hydrogens is 534 g/mol. The minimum atomic E-state index is -5.07. The zero-order valence-electron chi connectivity index (χ0n) is 17.0. The average molecular weight is 545 g/mol. The molecule has 0 aliphatic heterocycles. The quantitative estimate of drug-likeness (QED) is 0.204. The van der Waals surface area contributed by atoms with Gasteiger partial charge >= 0.3 is 24.7 Å². The normalized spacial score (nSPS) is 13.5. The topological polar surface area (TPSA) is 80.4 Å². The van der Waals surface area contributed by atoms with Crippen LogP contribution in [0.25, 0.3) is 0 Å². The number of aliphatic hydroxyl groups is 1. The number of alkyl halides is 12. The van der Waals surface area contributed by atoms with E-state index >= 15 is 0 Å². The summed E-state index contributed by atoms with van der Waals surface area (Å²) < 4.78 is 148. The van der Waals surface area contributed by atoms with E-state index in [0.29, 0.717) is 12.1 Å². The Morgan fingerprint density at radius 1 is 0.694 bits per heavy atom. The van der Waals surface area contributed by atoms with E-state index in [1.807, 2.05) is 0 Å². The Labute approximate surface area is 192 Å². The molecule has 200 valence electrons. The number of hydrogen-bond donors (Lipinski definition) is 1. The maximum absolute atomic E-state index is 12.5. The highest BCUT2D eigenvalue weighted by Crippen LogP contribution is 2.38. The summed E-state index contributed by atoms with van der Waals surface area (Å²) in [7, 11) is 0. The third-order valence-corrected chi connectivity index (χ3v) is 4.06. The Morgan fingerprint density at radius 3 is 1.25 bits per heavy atom. The van der Waals surface area contributed by atoms with E-state index in [1.54, 1.807) is 0 Å². The Bertz CT molecular complexity index is 1020. The summed E-state index contributed by atoms with van der Waals surface area (Å²) in [6.07, 6.45) is -22.1. The van der Waals surface area contributed by atoms with Gasteiger partial charge in [-0.05, 0) is 42.0 Å². The van der Waals surface area contributed by atoms with E-state index in [2.05, 4.69) is 0 Å². The van der Waals surface area contributed by atoms with Crippen LogP contribution in [0, 0.1) is 10.1 Å². The number of carbonyl (C=O) groups is 1. The number of carbonyl (C=O) groups excluding carboxylic acids is 1. The van der Waals surface area contributed by atoms with Gasteiger partial charge < -0.3 is 5.11 Å². The first-order valence-corrected chi connectivity index (χ1v) is 8.89. The van der Waals surface area contributed by atoms with Gasteiger partial charge in [0.1, 0.15) is 12.4 Å². The first-order chi connectivity index (χ1) is 16.1. The Hall–Kier alpha value is -3.37. The summed E-state index contributed by atoms with van der Waals surface area (Å²) >= 11 is 0. The summed E-state index contributed by atoms with van der Waals surface area (Å²) in [5.41, 5.74) is -7.74. The molecule has 0 bridgehead atoms. The van der Waals surface area contributed by atoms with Crippen molar-refractivity contribution in [2.45, 2.75) is 30.8 Å². The number of aliphatic hydroxyl groups excluding tert-OH is 1. The predicted octanol–water partition coefficient (Wildman–Crippen LogP) is 6.57. The minimum Gasteiger partial charge on any atom is -0.382 e. The van der Waals surface area contributed by atoms with E-state index in [0.717, 1.165) is 0 Å². The second-order valence-electron chi connectivity index (χ2n) is 6.83. The van der Waals surface area contributed by atoms with Gasteiger partial charge in [0.25, 0.3) is 0 Å². The zero-order valence-corrected chi connectivity index (χ0v) is 17.0. The van der Waals surface area contributed by atoms with Gasteiger partial charge in [-0.1, -0.05) is 0 Å². The van der Waals surface area contributed by atoms with Crippen LogP contribution in [0.5, 0.6) is 0 Å². The molecule has 0 aliphatic rings. The SMILES string of the molecule is O=Cc1cc(C(F)(F)F)cc(C(F)(F)F)c1.O=[N+]([O-])CC(O)c1cc(C(F)(F)F)cc(C(F)(F)F)c1. The number of halogens is 12. The molecule has 5 nitrogen and oxygen atoms in total. The summed E-state index contributed by atoms with van der Waals surface area (Å²) in [5, 5.41) is 19.4. The summed E-state index contributed by atoms with van der Waals surface area (Å²) in [6.45, 7) is -1.20. The molecule has 2 aromatic rings. The van der Waals surface area contributed by atoms with Crippen LogP contribution in [0.2, 0.25) is 0 Å². The standard InChI is InChI=1S/C10H7F6NO3.C9H4F6O/c11-9(12,13)6-1-5(8(18)4-17(19)20)2-7(3-6)10(14,15)16;10-8(11,12)6-1-5(4-16)2-7(3-6)9(13,14)15/h1-3,8,18H,4H2;1-4H. The highest BCUT2D eigenvalue weighted by Gasteiger charge is 2.38. The fourth-order valence-corrected chi connectivity index (χ4v) is 2.46. The van der Waals surface area contributed by atoms with Gasteiger partial charge in [-0.2, -0.15) is 52.7 Å². The monoisotopic (exact) mass is 545 g/mol. The highest BCUT2D eigenvalue weighted by atomic mass is 19.4. The number of nitrogens with zero attached hydrogens (tertiary/aromatic N) is 1. The van der Waals surface area contributed by atoms with Crippen molar-refractivity contribution in [1.29, 1.82) is 0 Å². The van der Waals surface area contributed by atoms with Crippen LogP contribution in [0.4, 0.5) is 52.7 Å². The third kappa shape index (κ3) is 9.01. The molecular formula is C19H11F12NO4. The van der Waals surface area contributed by atoms with E-state index in [9.17, 15) is 72.7 Å². The van der Waals surface area contributed by atoms with Crippen LogP contribution in [0.1, 0.15) is 44.3 Å². The van der Waals surface area contributed by atoms with Gasteiger partial charge in [0.15, 0.2) is 0 Å². The van der Waals surface area contributed by atoms with E-state index in [-0.39, 0.29) is 30.6 Å². The van der Waals surface area contributed by atoms with Gasteiger partial charge in [0.05, 0.1) is 22.3 Å². The van der Waals surface area contributed by atoms with E-state index < -0.39 is 75.7 Å². The maximum atomic E-state index is 12.5. The second kappa shape index (κ2) is 10.7. The minimum absolute atomic E-state index is 0.0347. The largest absolute Gasteiger partial charge is 0.416 e. The van der Waals surface area contributed by atoms with Crippen molar-refractivity contribution in [3.05, 3.63) is 79.9 Å². The lowest BCUT2D eigenvalue weighted by Crippen LogP contribution is -2.16. The highest BCUT2D eigenvalue weighted by molar-refractivity contribution is 5.75. The molecule has 0 amide bonds. The molecule has 0 radical (unpaired) electrons. The number of aldehydes is 1. The molecule has 36 heavy (non-hydrogen) atoms. The fourth-order valence-electron chi connectivity index (χ4n) is 2.46. The molecule has 0 saturated carbocycles. The Kier molecular flexibility index (Phi) is 9.12. The molecule has 1 unspecified atom stereocenters. The van der Waals surface area contributed by atoms with Crippen molar-refractivity contribution in [2.75, 3.05) is 6.54 Å².